The molecule has 0 rings (SSSR count). The third-order valence-corrected chi connectivity index (χ3v) is 1.22. The van der Waals surface area contributed by atoms with Crippen molar-refractivity contribution in [2.45, 2.75) is 13.0 Å². The molecule has 0 aliphatic heterocycles. The summed E-state index contributed by atoms with van der Waals surface area (Å²) < 4.78 is 0. The summed E-state index contributed by atoms with van der Waals surface area (Å²) in [6.45, 7) is 1.26. The first-order valence-corrected chi connectivity index (χ1v) is 3.32. The summed E-state index contributed by atoms with van der Waals surface area (Å²) in [4.78, 5) is 20.5. The van der Waals surface area contributed by atoms with Crippen LogP contribution in [0.3, 0.4) is 0 Å². The molecule has 0 saturated carbocycles. The van der Waals surface area contributed by atoms with Gasteiger partial charge in [0.2, 0.25) is 5.91 Å². The van der Waals surface area contributed by atoms with E-state index in [-0.39, 0.29) is 63.0 Å². The van der Waals surface area contributed by atoms with E-state index in [1.165, 1.54) is 6.92 Å². The van der Waals surface area contributed by atoms with Crippen LogP contribution in [0.25, 0.3) is 0 Å². The average molecular weight is 203 g/mol. The predicted molar refractivity (Wildman–Crippen MR) is 46.2 cm³/mol. The van der Waals surface area contributed by atoms with Gasteiger partial charge in [0.15, 0.2) is 0 Å². The molecule has 0 spiro atoms. The third-order valence-electron chi connectivity index (χ3n) is 0.858. The summed E-state index contributed by atoms with van der Waals surface area (Å²) >= 11 is 3.73. The molecule has 0 aromatic heterocycles. The molecule has 60 valence electrons. The molecule has 11 heavy (non-hydrogen) atoms. The average Bonchev–Trinajstić information content (AvgIpc) is 1.81. The number of aliphatic carboxylic acids is 1. The number of hydrogen-bond donors (Lipinski definition) is 3. The van der Waals surface area contributed by atoms with Crippen LogP contribution in [0.2, 0.25) is 0 Å². The second-order valence-corrected chi connectivity index (χ2v) is 2.14. The summed E-state index contributed by atoms with van der Waals surface area (Å²) in [5, 5.41) is 10.6. The Morgan fingerprint density at radius 1 is 1.64 bits per heavy atom. The third kappa shape index (κ3) is 7.29. The van der Waals surface area contributed by atoms with E-state index in [4.69, 9.17) is 5.11 Å². The van der Waals surface area contributed by atoms with Gasteiger partial charge in [-0.15, -0.1) is 0 Å². The summed E-state index contributed by atoms with van der Waals surface area (Å²) in [7, 11) is 0. The second-order valence-electron chi connectivity index (χ2n) is 1.77. The Morgan fingerprint density at radius 3 is 2.18 bits per heavy atom. The molecule has 6 heteroatoms. The Bertz CT molecular complexity index is 153. The van der Waals surface area contributed by atoms with E-state index in [0.717, 1.165) is 0 Å². The molecule has 0 radical (unpaired) electrons. The van der Waals surface area contributed by atoms with Gasteiger partial charge in [0.05, 0.1) is 0 Å². The molecule has 1 atom stereocenters. The Labute approximate surface area is 113 Å². The van der Waals surface area contributed by atoms with Crippen LogP contribution in [0.1, 0.15) is 6.92 Å². The minimum absolute atomic E-state index is 0. The van der Waals surface area contributed by atoms with Crippen LogP contribution < -0.4 is 5.32 Å². The summed E-state index contributed by atoms with van der Waals surface area (Å²) in [5.74, 6) is -1.32. The fraction of sp³-hybridized carbons (Fsp3) is 0.600. The van der Waals surface area contributed by atoms with E-state index in [2.05, 4.69) is 17.9 Å². The minimum atomic E-state index is -1.06. The number of nitrogens with one attached hydrogen (secondary N) is 1. The predicted octanol–water partition coefficient (Wildman–Crippen LogP) is -1.14. The first kappa shape index (κ1) is 14.5. The number of amides is 1. The number of hydrogen-bond acceptors (Lipinski definition) is 3. The number of carboxylic acids is 1. The van der Waals surface area contributed by atoms with E-state index >= 15 is 0 Å². The number of carboxylic acid groups (broad SMARTS) is 1. The van der Waals surface area contributed by atoms with Crippen molar-refractivity contribution in [2.24, 2.45) is 0 Å². The van der Waals surface area contributed by atoms with Gasteiger partial charge in [0.1, 0.15) is 6.04 Å². The van der Waals surface area contributed by atoms with Crippen molar-refractivity contribution in [3.8, 4) is 0 Å². The fourth-order valence-corrected chi connectivity index (χ4v) is 0.678. The van der Waals surface area contributed by atoms with Crippen molar-refractivity contribution in [3.05, 3.63) is 0 Å². The molecule has 0 aliphatic carbocycles. The molecule has 0 aliphatic rings. The van der Waals surface area contributed by atoms with Crippen LogP contribution in [-0.4, -0.2) is 80.2 Å². The van der Waals surface area contributed by atoms with Gasteiger partial charge in [0, 0.05) is 12.7 Å². The van der Waals surface area contributed by atoms with Gasteiger partial charge < -0.3 is 10.4 Å². The molecular formula is C5H10KNO3S. The molecule has 2 N–H and O–H groups in total. The Morgan fingerprint density at radius 2 is 2.09 bits per heavy atom. The molecule has 0 saturated heterocycles. The molecule has 0 fully saturated rings. The molecule has 0 unspecified atom stereocenters. The molecule has 1 amide bonds. The maximum atomic E-state index is 10.3. The van der Waals surface area contributed by atoms with E-state index in [1.54, 1.807) is 0 Å². The molecule has 0 bridgehead atoms. The van der Waals surface area contributed by atoms with Crippen LogP contribution in [0.15, 0.2) is 0 Å². The number of carbonyl (C=O) groups excluding carboxylic acids is 1. The molecule has 0 aromatic rings. The Hall–Kier alpha value is 0.926. The van der Waals surface area contributed by atoms with Crippen LogP contribution >= 0.6 is 12.6 Å². The normalized spacial score (nSPS) is 11.1. The molecule has 0 aromatic carbocycles. The van der Waals surface area contributed by atoms with Gasteiger partial charge in [-0.05, 0) is 0 Å². The van der Waals surface area contributed by atoms with Crippen molar-refractivity contribution in [3.63, 3.8) is 0 Å². The Balaban J connectivity index is 0. The SMILES string of the molecule is CC(=O)N[C@@H](CS)C(=O)O.[KH]. The fourth-order valence-electron chi connectivity index (χ4n) is 0.431. The zero-order valence-corrected chi connectivity index (χ0v) is 6.39. The van der Waals surface area contributed by atoms with Crippen molar-refractivity contribution >= 4 is 75.9 Å². The van der Waals surface area contributed by atoms with E-state index in [0.29, 0.717) is 0 Å². The summed E-state index contributed by atoms with van der Waals surface area (Å²) in [5.41, 5.74) is 0. The van der Waals surface area contributed by atoms with Gasteiger partial charge in [-0.2, -0.15) is 12.6 Å². The van der Waals surface area contributed by atoms with Crippen molar-refractivity contribution < 1.29 is 14.7 Å². The van der Waals surface area contributed by atoms with Crippen molar-refractivity contribution in [1.29, 1.82) is 0 Å². The van der Waals surface area contributed by atoms with E-state index < -0.39 is 12.0 Å². The van der Waals surface area contributed by atoms with Gasteiger partial charge >= 0.3 is 57.4 Å². The van der Waals surface area contributed by atoms with Crippen LogP contribution in [0, 0.1) is 0 Å². The number of rotatable bonds is 3. The zero-order chi connectivity index (χ0) is 8.15. The monoisotopic (exact) mass is 203 g/mol. The zero-order valence-electron chi connectivity index (χ0n) is 5.50. The van der Waals surface area contributed by atoms with Crippen LogP contribution in [0.4, 0.5) is 0 Å². The van der Waals surface area contributed by atoms with E-state index in [1.807, 2.05) is 0 Å². The first-order valence-electron chi connectivity index (χ1n) is 2.68. The maximum absolute atomic E-state index is 10.3. The van der Waals surface area contributed by atoms with Crippen molar-refractivity contribution in [1.82, 2.24) is 5.32 Å². The quantitative estimate of drug-likeness (QED) is 0.401. The van der Waals surface area contributed by atoms with Crippen molar-refractivity contribution in [2.75, 3.05) is 5.75 Å². The first-order chi connectivity index (χ1) is 4.57. The number of thiol groups is 1. The topological polar surface area (TPSA) is 66.4 Å². The molecule has 0 heterocycles. The van der Waals surface area contributed by atoms with Crippen LogP contribution in [0.5, 0.6) is 0 Å². The van der Waals surface area contributed by atoms with E-state index in [9.17, 15) is 9.59 Å². The molecular weight excluding hydrogens is 193 g/mol. The van der Waals surface area contributed by atoms with Gasteiger partial charge in [0.25, 0.3) is 0 Å². The van der Waals surface area contributed by atoms with Gasteiger partial charge in [-0.3, -0.25) is 4.79 Å². The molecule has 4 nitrogen and oxygen atoms in total. The summed E-state index contributed by atoms with van der Waals surface area (Å²) in [6.07, 6.45) is 0. The van der Waals surface area contributed by atoms with Gasteiger partial charge in [-0.25, -0.2) is 4.79 Å². The standard InChI is InChI=1S/C5H9NO3S.K.H/c1-3(7)6-4(2-10)5(8)9;;/h4,10H,2H2,1H3,(H,6,7)(H,8,9);;/t4-;;/m0../s1. The van der Waals surface area contributed by atoms with Gasteiger partial charge in [-0.1, -0.05) is 0 Å². The Kier molecular flexibility index (Phi) is 9.94. The van der Waals surface area contributed by atoms with Crippen LogP contribution in [-0.2, 0) is 9.59 Å². The summed E-state index contributed by atoms with van der Waals surface area (Å²) in [6, 6.07) is -0.874. The second kappa shape index (κ2) is 7.57. The number of carbonyl (C=O) groups is 2.